The van der Waals surface area contributed by atoms with Gasteiger partial charge in [-0.05, 0) is 12.1 Å². The number of nitrogens with zero attached hydrogens (tertiary/aromatic N) is 1. The minimum atomic E-state index is -4.36. The fourth-order valence-electron chi connectivity index (χ4n) is 1.81. The van der Waals surface area contributed by atoms with Crippen LogP contribution < -0.4 is 10.9 Å². The van der Waals surface area contributed by atoms with E-state index < -0.39 is 9.53 Å². The molecule has 1 heterocycles. The molecule has 0 amide bonds. The van der Waals surface area contributed by atoms with Crippen LogP contribution in [0, 0.1) is 0 Å². The second-order valence-corrected chi connectivity index (χ2v) is 7.07. The lowest BCUT2D eigenvalue weighted by Gasteiger charge is -2.39. The number of fused-ring (bicyclic) bond motifs is 1. The molecule has 1 aromatic carbocycles. The Hall–Kier alpha value is -1.34. The zero-order valence-electron chi connectivity index (χ0n) is 9.24. The Bertz CT molecular complexity index is 616. The van der Waals surface area contributed by atoms with Crippen LogP contribution in [0.1, 0.15) is 0 Å². The quantitative estimate of drug-likeness (QED) is 0.750. The molecule has 0 spiro atoms. The van der Waals surface area contributed by atoms with E-state index in [2.05, 4.69) is 4.98 Å². The van der Waals surface area contributed by atoms with Crippen LogP contribution in [-0.2, 0) is 9.53 Å². The molecule has 0 aliphatic heterocycles. The van der Waals surface area contributed by atoms with Crippen molar-refractivity contribution in [2.45, 2.75) is 4.90 Å². The monoisotopic (exact) mass is 253 g/mol. The van der Waals surface area contributed by atoms with Gasteiger partial charge in [-0.1, -0.05) is 12.1 Å². The van der Waals surface area contributed by atoms with Gasteiger partial charge in [0, 0.05) is 29.7 Å². The molecule has 1 aromatic heterocycles. The lowest BCUT2D eigenvalue weighted by molar-refractivity contribution is 0.513. The molecule has 0 unspecified atom stereocenters. The zero-order valence-corrected chi connectivity index (χ0v) is 10.1. The summed E-state index contributed by atoms with van der Waals surface area (Å²) in [7, 11) is -4.36. The number of pyridine rings is 1. The number of hydrogen-bond acceptors (Lipinski definition) is 3. The van der Waals surface area contributed by atoms with Gasteiger partial charge >= 0.3 is 0 Å². The van der Waals surface area contributed by atoms with Gasteiger partial charge in [0.1, 0.15) is 0 Å². The molecule has 17 heavy (non-hydrogen) atoms. The van der Waals surface area contributed by atoms with E-state index in [0.29, 0.717) is 5.39 Å². The first-order chi connectivity index (χ1) is 7.92. The van der Waals surface area contributed by atoms with Gasteiger partial charge < -0.3 is 5.73 Å². The molecule has 0 saturated heterocycles. The van der Waals surface area contributed by atoms with E-state index in [1.165, 1.54) is 0 Å². The Labute approximate surface area is 99.2 Å². The maximum Gasteiger partial charge on any atom is 0.0767 e. The van der Waals surface area contributed by atoms with E-state index in [1.807, 2.05) is 6.07 Å². The highest BCUT2D eigenvalue weighted by molar-refractivity contribution is 8.13. The molecule has 0 saturated carbocycles. The minimum Gasteiger partial charge on any atom is -0.329 e. The first-order valence-corrected chi connectivity index (χ1v) is 7.31. The summed E-state index contributed by atoms with van der Waals surface area (Å²) < 4.78 is 22.6. The first kappa shape index (κ1) is 12.1. The van der Waals surface area contributed by atoms with Crippen LogP contribution in [0.15, 0.2) is 41.6 Å². The van der Waals surface area contributed by atoms with Crippen molar-refractivity contribution >= 4 is 20.3 Å². The molecule has 0 bridgehead atoms. The highest BCUT2D eigenvalue weighted by Crippen LogP contribution is 2.31. The predicted molar refractivity (Wildman–Crippen MR) is 68.9 cm³/mol. The average molecular weight is 253 g/mol. The van der Waals surface area contributed by atoms with E-state index >= 15 is 0 Å². The predicted octanol–water partition coefficient (Wildman–Crippen LogP) is 0.719. The third-order valence-corrected chi connectivity index (χ3v) is 4.95. The van der Waals surface area contributed by atoms with Gasteiger partial charge in [0.2, 0.25) is 0 Å². The molecule has 2 rings (SSSR count). The molecule has 0 fully saturated rings. The van der Waals surface area contributed by atoms with Crippen molar-refractivity contribution in [3.8, 4) is 0 Å². The summed E-state index contributed by atoms with van der Waals surface area (Å²) in [6.07, 6.45) is 3.20. The van der Waals surface area contributed by atoms with Gasteiger partial charge in [0.15, 0.2) is 0 Å². The van der Waals surface area contributed by atoms with Gasteiger partial charge in [0.05, 0.1) is 10.6 Å². The third-order valence-electron chi connectivity index (χ3n) is 2.62. The third kappa shape index (κ3) is 2.20. The average Bonchev–Trinajstić information content (AvgIpc) is 2.27. The number of benzene rings is 1. The summed E-state index contributed by atoms with van der Waals surface area (Å²) >= 11 is 0. The minimum absolute atomic E-state index is 0.0554. The van der Waals surface area contributed by atoms with Crippen molar-refractivity contribution in [1.82, 2.24) is 4.98 Å². The van der Waals surface area contributed by atoms with Gasteiger partial charge in [-0.3, -0.25) is 9.54 Å². The van der Waals surface area contributed by atoms with Crippen LogP contribution in [-0.4, -0.2) is 26.0 Å². The van der Waals surface area contributed by atoms with Crippen LogP contribution in [0.25, 0.3) is 10.8 Å². The standard InChI is InChI=1S/C11H15N3O2S/c12-5-7-17(13,15,16)11-3-1-2-9-8-14-6-4-10(9)11/h1-4,6,8H,5,7,12H2,(H3,13,15,16). The zero-order chi connectivity index (χ0) is 12.5. The Balaban J connectivity index is 2.76. The number of hydrogen-bond donors (Lipinski definition) is 3. The van der Waals surface area contributed by atoms with Crippen molar-refractivity contribution in [3.05, 3.63) is 36.7 Å². The number of rotatable bonds is 3. The molecule has 5 N–H and O–H groups in total. The lowest BCUT2D eigenvalue weighted by Crippen LogP contribution is -2.47. The molecule has 2 aromatic rings. The summed E-state index contributed by atoms with van der Waals surface area (Å²) in [5, 5.41) is 7.08. The smallest absolute Gasteiger partial charge is 0.0767 e. The summed E-state index contributed by atoms with van der Waals surface area (Å²) in [6, 6.07) is 6.74. The molecule has 0 radical (unpaired) electrons. The lowest BCUT2D eigenvalue weighted by atomic mass is 10.2. The molecule has 92 valence electrons. The van der Waals surface area contributed by atoms with Crippen molar-refractivity contribution in [3.63, 3.8) is 0 Å². The molecular weight excluding hydrogens is 238 g/mol. The van der Waals surface area contributed by atoms with Crippen molar-refractivity contribution in [2.24, 2.45) is 10.9 Å². The normalized spacial score (nSPS) is 14.4. The van der Waals surface area contributed by atoms with Gasteiger partial charge in [-0.2, -0.15) is 4.21 Å². The molecule has 0 atom stereocenters. The number of aromatic nitrogens is 1. The van der Waals surface area contributed by atoms with Crippen molar-refractivity contribution in [1.29, 1.82) is 0 Å². The van der Waals surface area contributed by atoms with E-state index in [-0.39, 0.29) is 17.2 Å². The van der Waals surface area contributed by atoms with Gasteiger partial charge in [-0.15, -0.1) is 9.53 Å². The van der Waals surface area contributed by atoms with Crippen molar-refractivity contribution < 1.29 is 8.76 Å². The SMILES string of the molecule is NCCS(N)(=O)(O)c1cccc2cnccc12. The topological polar surface area (TPSA) is 102 Å². The second kappa shape index (κ2) is 3.85. The second-order valence-electron chi connectivity index (χ2n) is 3.97. The van der Waals surface area contributed by atoms with Crippen LogP contribution in [0.5, 0.6) is 0 Å². The molecule has 5 nitrogen and oxygen atoms in total. The molecule has 0 aliphatic rings. The van der Waals surface area contributed by atoms with E-state index in [4.69, 9.17) is 10.9 Å². The fourth-order valence-corrected chi connectivity index (χ4v) is 3.51. The maximum absolute atomic E-state index is 12.4. The van der Waals surface area contributed by atoms with E-state index in [1.54, 1.807) is 30.6 Å². The van der Waals surface area contributed by atoms with Gasteiger partial charge in [0.25, 0.3) is 0 Å². The van der Waals surface area contributed by atoms with E-state index in [0.717, 1.165) is 5.39 Å². The van der Waals surface area contributed by atoms with Crippen molar-refractivity contribution in [2.75, 3.05) is 12.3 Å². The summed E-state index contributed by atoms with van der Waals surface area (Å²) in [4.78, 5) is 4.20. The van der Waals surface area contributed by atoms with Crippen LogP contribution >= 0.6 is 0 Å². The first-order valence-electron chi connectivity index (χ1n) is 5.16. The summed E-state index contributed by atoms with van der Waals surface area (Å²) in [6.45, 7) is 0.0554. The van der Waals surface area contributed by atoms with Crippen LogP contribution in [0.2, 0.25) is 0 Å². The Morgan fingerprint density at radius 3 is 2.82 bits per heavy atom. The Kier molecular flexibility index (Phi) is 2.75. The van der Waals surface area contributed by atoms with Gasteiger partial charge in [-0.25, -0.2) is 5.14 Å². The van der Waals surface area contributed by atoms with Crippen LogP contribution in [0.4, 0.5) is 0 Å². The molecule has 6 heteroatoms. The fraction of sp³-hybridized carbons (Fsp3) is 0.182. The highest BCUT2D eigenvalue weighted by atomic mass is 32.3. The molecular formula is C11H15N3O2S. The van der Waals surface area contributed by atoms with Crippen LogP contribution in [0.3, 0.4) is 0 Å². The maximum atomic E-state index is 12.4. The number of nitrogens with two attached hydrogens (primary N) is 2. The Morgan fingerprint density at radius 1 is 1.35 bits per heavy atom. The molecule has 0 aliphatic carbocycles. The summed E-state index contributed by atoms with van der Waals surface area (Å²) in [5.74, 6) is -0.154. The highest BCUT2D eigenvalue weighted by Gasteiger charge is 2.25. The summed E-state index contributed by atoms with van der Waals surface area (Å²) in [5.41, 5.74) is 5.36. The van der Waals surface area contributed by atoms with E-state index in [9.17, 15) is 8.76 Å². The largest absolute Gasteiger partial charge is 0.329 e. The Morgan fingerprint density at radius 2 is 2.12 bits per heavy atom.